The Morgan fingerprint density at radius 2 is 1.92 bits per heavy atom. The van der Waals surface area contributed by atoms with Crippen molar-refractivity contribution in [3.8, 4) is 0 Å². The lowest BCUT2D eigenvalue weighted by Crippen LogP contribution is -2.42. The highest BCUT2D eigenvalue weighted by atomic mass is 35.5. The highest BCUT2D eigenvalue weighted by Crippen LogP contribution is 1.78. The minimum Gasteiger partial charge on any atom is -0.384 e. The van der Waals surface area contributed by atoms with E-state index in [1.807, 2.05) is 0 Å². The summed E-state index contributed by atoms with van der Waals surface area (Å²) in [6.45, 7) is 0.322. The third-order valence-electron chi connectivity index (χ3n) is 0.996. The number of ether oxygens (including phenoxy) is 1. The lowest BCUT2D eigenvalue weighted by Gasteiger charge is -2.04. The number of halogens is 1. The van der Waals surface area contributed by atoms with Gasteiger partial charge in [0, 0.05) is 7.11 Å². The van der Waals surface area contributed by atoms with Crippen LogP contribution in [0.5, 0.6) is 0 Å². The van der Waals surface area contributed by atoms with Crippen molar-refractivity contribution in [2.24, 2.45) is 0 Å². The molecule has 0 unspecified atom stereocenters. The summed E-state index contributed by atoms with van der Waals surface area (Å²) in [6, 6.07) is 0. The Balaban J connectivity index is 3.37. The number of hydrogen-bond acceptors (Lipinski definition) is 3. The molecule has 0 aliphatic rings. The molecule has 0 saturated carbocycles. The molecule has 70 valence electrons. The molecule has 12 heavy (non-hydrogen) atoms. The summed E-state index contributed by atoms with van der Waals surface area (Å²) in [5, 5.41) is 0. The van der Waals surface area contributed by atoms with E-state index in [1.165, 1.54) is 7.11 Å². The first-order valence-electron chi connectivity index (χ1n) is 3.33. The van der Waals surface area contributed by atoms with Gasteiger partial charge in [-0.15, -0.1) is 11.6 Å². The summed E-state index contributed by atoms with van der Waals surface area (Å²) in [7, 11) is 1.49. The molecule has 0 aliphatic heterocycles. The van der Waals surface area contributed by atoms with E-state index >= 15 is 0 Å². The average Bonchev–Trinajstić information content (AvgIpc) is 2.10. The van der Waals surface area contributed by atoms with E-state index in [4.69, 9.17) is 11.6 Å². The van der Waals surface area contributed by atoms with Crippen LogP contribution in [0.4, 0.5) is 0 Å². The van der Waals surface area contributed by atoms with Crippen LogP contribution in [0.3, 0.4) is 0 Å². The second-order valence-corrected chi connectivity index (χ2v) is 2.24. The van der Waals surface area contributed by atoms with Gasteiger partial charge in [-0.3, -0.25) is 20.4 Å². The normalized spacial score (nSPS) is 9.17. The highest BCUT2D eigenvalue weighted by Gasteiger charge is 2.01. The Labute approximate surface area is 75.4 Å². The fourth-order valence-electron chi connectivity index (χ4n) is 0.430. The molecule has 0 saturated heterocycles. The number of methoxy groups -OCH3 is 1. The zero-order valence-electron chi connectivity index (χ0n) is 6.72. The van der Waals surface area contributed by atoms with Gasteiger partial charge < -0.3 is 4.74 Å². The van der Waals surface area contributed by atoms with Crippen molar-refractivity contribution in [3.63, 3.8) is 0 Å². The van der Waals surface area contributed by atoms with Crippen molar-refractivity contribution in [2.45, 2.75) is 6.42 Å². The topological polar surface area (TPSA) is 67.4 Å². The van der Waals surface area contributed by atoms with Gasteiger partial charge in [0.15, 0.2) is 0 Å². The quantitative estimate of drug-likeness (QED) is 0.464. The minimum absolute atomic E-state index is 0.176. The predicted molar refractivity (Wildman–Crippen MR) is 43.5 cm³/mol. The SMILES string of the molecule is COCCC(=O)NNC(=O)CCl. The number of rotatable bonds is 4. The minimum atomic E-state index is -0.442. The molecule has 0 aromatic carbocycles. The fraction of sp³-hybridized carbons (Fsp3) is 0.667. The van der Waals surface area contributed by atoms with Crippen LogP contribution >= 0.6 is 11.6 Å². The van der Waals surface area contributed by atoms with E-state index in [1.54, 1.807) is 0 Å². The van der Waals surface area contributed by atoms with Crippen LogP contribution in [0, 0.1) is 0 Å². The molecule has 0 rings (SSSR count). The molecule has 0 aliphatic carbocycles. The van der Waals surface area contributed by atoms with Crippen LogP contribution in [0.1, 0.15) is 6.42 Å². The lowest BCUT2D eigenvalue weighted by molar-refractivity contribution is -0.128. The van der Waals surface area contributed by atoms with Crippen LogP contribution in [-0.4, -0.2) is 31.4 Å². The summed E-state index contributed by atoms with van der Waals surface area (Å²) in [4.78, 5) is 21.3. The number of alkyl halides is 1. The van der Waals surface area contributed by atoms with Gasteiger partial charge in [-0.05, 0) is 0 Å². The van der Waals surface area contributed by atoms with Crippen LogP contribution in [0.15, 0.2) is 0 Å². The molecule has 0 aromatic heterocycles. The molecule has 0 bridgehead atoms. The third-order valence-corrected chi connectivity index (χ3v) is 1.24. The zero-order valence-corrected chi connectivity index (χ0v) is 7.48. The van der Waals surface area contributed by atoms with Gasteiger partial charge >= 0.3 is 0 Å². The summed E-state index contributed by atoms with van der Waals surface area (Å²) in [5.74, 6) is -0.928. The van der Waals surface area contributed by atoms with E-state index in [-0.39, 0.29) is 18.2 Å². The summed E-state index contributed by atoms with van der Waals surface area (Å²) in [5.41, 5.74) is 4.28. The van der Waals surface area contributed by atoms with E-state index in [0.29, 0.717) is 6.61 Å². The smallest absolute Gasteiger partial charge is 0.253 e. The molecule has 0 spiro atoms. The Morgan fingerprint density at radius 3 is 2.42 bits per heavy atom. The maximum atomic E-state index is 10.8. The van der Waals surface area contributed by atoms with Gasteiger partial charge in [-0.25, -0.2) is 0 Å². The Kier molecular flexibility index (Phi) is 6.41. The second-order valence-electron chi connectivity index (χ2n) is 1.97. The summed E-state index contributed by atoms with van der Waals surface area (Å²) in [6.07, 6.45) is 0.207. The maximum Gasteiger partial charge on any atom is 0.253 e. The first-order chi connectivity index (χ1) is 5.70. The first-order valence-corrected chi connectivity index (χ1v) is 3.86. The number of carbonyl (C=O) groups excluding carboxylic acids is 2. The standard InChI is InChI=1S/C6H11ClN2O3/c1-12-3-2-5(10)8-9-6(11)4-7/h2-4H2,1H3,(H,8,10)(H,9,11). The number of amides is 2. The van der Waals surface area contributed by atoms with E-state index in [9.17, 15) is 9.59 Å². The maximum absolute atomic E-state index is 10.8. The van der Waals surface area contributed by atoms with Gasteiger partial charge in [-0.2, -0.15) is 0 Å². The number of hydrogen-bond donors (Lipinski definition) is 2. The van der Waals surface area contributed by atoms with Crippen molar-refractivity contribution in [1.29, 1.82) is 0 Å². The van der Waals surface area contributed by atoms with Gasteiger partial charge in [0.1, 0.15) is 5.88 Å². The molecular formula is C6H11ClN2O3. The molecule has 6 heteroatoms. The van der Waals surface area contributed by atoms with Gasteiger partial charge in [0.05, 0.1) is 13.0 Å². The summed E-state index contributed by atoms with van der Waals surface area (Å²) >= 11 is 5.15. The Bertz CT molecular complexity index is 163. The van der Waals surface area contributed by atoms with Gasteiger partial charge in [-0.1, -0.05) is 0 Å². The van der Waals surface area contributed by atoms with Crippen molar-refractivity contribution < 1.29 is 14.3 Å². The van der Waals surface area contributed by atoms with Crippen molar-refractivity contribution >= 4 is 23.4 Å². The number of nitrogens with one attached hydrogen (secondary N) is 2. The van der Waals surface area contributed by atoms with Gasteiger partial charge in [0.2, 0.25) is 5.91 Å². The average molecular weight is 195 g/mol. The predicted octanol–water partition coefficient (Wildman–Crippen LogP) is -0.591. The Hall–Kier alpha value is -0.810. The second kappa shape index (κ2) is 6.87. The van der Waals surface area contributed by atoms with Crippen LogP contribution in [-0.2, 0) is 14.3 Å². The van der Waals surface area contributed by atoms with Crippen molar-refractivity contribution in [1.82, 2.24) is 10.9 Å². The fourth-order valence-corrected chi connectivity index (χ4v) is 0.497. The third kappa shape index (κ3) is 5.94. The molecule has 5 nitrogen and oxygen atoms in total. The van der Waals surface area contributed by atoms with E-state index < -0.39 is 5.91 Å². The number of carbonyl (C=O) groups is 2. The van der Waals surface area contributed by atoms with Gasteiger partial charge in [0.25, 0.3) is 5.91 Å². The molecule has 0 atom stereocenters. The van der Waals surface area contributed by atoms with Crippen LogP contribution < -0.4 is 10.9 Å². The molecule has 2 N–H and O–H groups in total. The number of hydrazine groups is 1. The lowest BCUT2D eigenvalue weighted by atomic mass is 10.4. The van der Waals surface area contributed by atoms with E-state index in [2.05, 4.69) is 15.6 Å². The van der Waals surface area contributed by atoms with Crippen molar-refractivity contribution in [2.75, 3.05) is 19.6 Å². The highest BCUT2D eigenvalue weighted by molar-refractivity contribution is 6.27. The molecule has 0 radical (unpaired) electrons. The van der Waals surface area contributed by atoms with Crippen LogP contribution in [0.25, 0.3) is 0 Å². The van der Waals surface area contributed by atoms with E-state index in [0.717, 1.165) is 0 Å². The molecule has 0 aromatic rings. The molecular weight excluding hydrogens is 184 g/mol. The zero-order chi connectivity index (χ0) is 9.40. The van der Waals surface area contributed by atoms with Crippen LogP contribution in [0.2, 0.25) is 0 Å². The molecule has 0 fully saturated rings. The monoisotopic (exact) mass is 194 g/mol. The molecule has 0 heterocycles. The molecule has 2 amide bonds. The summed E-state index contributed by atoms with van der Waals surface area (Å²) < 4.78 is 4.65. The largest absolute Gasteiger partial charge is 0.384 e. The van der Waals surface area contributed by atoms with Crippen molar-refractivity contribution in [3.05, 3.63) is 0 Å². The first kappa shape index (κ1) is 11.2. The Morgan fingerprint density at radius 1 is 1.33 bits per heavy atom.